The Morgan fingerprint density at radius 3 is 2.62 bits per heavy atom. The van der Waals surface area contributed by atoms with Gasteiger partial charge in [0.1, 0.15) is 0 Å². The zero-order chi connectivity index (χ0) is 22.1. The number of hydrogen-bond donors (Lipinski definition) is 1. The van der Waals surface area contributed by atoms with E-state index in [0.717, 1.165) is 50.0 Å². The Bertz CT molecular complexity index is 1060. The molecule has 1 unspecified atom stereocenters. The fourth-order valence-corrected chi connectivity index (χ4v) is 5.11. The molecular weight excluding hydrogens is 402 g/mol. The Balaban J connectivity index is 1.19. The summed E-state index contributed by atoms with van der Waals surface area (Å²) in [7, 11) is 0. The Kier molecular flexibility index (Phi) is 5.68. The van der Waals surface area contributed by atoms with Crippen LogP contribution >= 0.6 is 0 Å². The van der Waals surface area contributed by atoms with Gasteiger partial charge in [-0.15, -0.1) is 0 Å². The molecular formula is C26H29N3O3. The summed E-state index contributed by atoms with van der Waals surface area (Å²) in [6.45, 7) is 2.40. The molecule has 0 spiro atoms. The van der Waals surface area contributed by atoms with Crippen LogP contribution in [-0.4, -0.2) is 42.3 Å². The molecule has 2 saturated heterocycles. The summed E-state index contributed by atoms with van der Waals surface area (Å²) in [5.41, 5.74) is 5.16. The van der Waals surface area contributed by atoms with Gasteiger partial charge in [0.05, 0.1) is 5.92 Å². The second-order valence-corrected chi connectivity index (χ2v) is 9.13. The Morgan fingerprint density at radius 1 is 0.969 bits per heavy atom. The first-order chi connectivity index (χ1) is 15.6. The average molecular weight is 432 g/mol. The van der Waals surface area contributed by atoms with Crippen molar-refractivity contribution in [3.05, 3.63) is 64.7 Å². The van der Waals surface area contributed by atoms with Crippen LogP contribution in [0.25, 0.3) is 0 Å². The van der Waals surface area contributed by atoms with E-state index in [-0.39, 0.29) is 30.1 Å². The van der Waals surface area contributed by atoms with Crippen molar-refractivity contribution in [1.29, 1.82) is 0 Å². The van der Waals surface area contributed by atoms with Crippen LogP contribution in [-0.2, 0) is 29.0 Å². The molecule has 2 heterocycles. The Labute approximate surface area is 188 Å². The SMILES string of the molecule is O=C(NCc1cccc(C(=O)N2CCCC2)c1)C1CC(=O)N(c2ccc3c(c2)CCC3)C1. The third kappa shape index (κ3) is 4.14. The molecule has 5 rings (SSSR count). The van der Waals surface area contributed by atoms with E-state index < -0.39 is 0 Å². The van der Waals surface area contributed by atoms with Gasteiger partial charge in [0.25, 0.3) is 5.91 Å². The van der Waals surface area contributed by atoms with E-state index in [4.69, 9.17) is 0 Å². The van der Waals surface area contributed by atoms with Crippen molar-refractivity contribution in [2.45, 2.75) is 45.1 Å². The number of hydrogen-bond acceptors (Lipinski definition) is 3. The molecule has 2 aromatic rings. The number of amides is 3. The summed E-state index contributed by atoms with van der Waals surface area (Å²) in [5, 5.41) is 2.97. The van der Waals surface area contributed by atoms with Gasteiger partial charge in [-0.2, -0.15) is 0 Å². The lowest BCUT2D eigenvalue weighted by Gasteiger charge is -2.18. The third-order valence-corrected chi connectivity index (χ3v) is 6.92. The maximum atomic E-state index is 12.8. The third-order valence-electron chi connectivity index (χ3n) is 6.92. The number of carbonyl (C=O) groups excluding carboxylic acids is 3. The molecule has 0 saturated carbocycles. The largest absolute Gasteiger partial charge is 0.352 e. The second kappa shape index (κ2) is 8.77. The first-order valence-electron chi connectivity index (χ1n) is 11.7. The summed E-state index contributed by atoms with van der Waals surface area (Å²) in [6.07, 6.45) is 5.70. The minimum absolute atomic E-state index is 0.00121. The molecule has 6 heteroatoms. The maximum Gasteiger partial charge on any atom is 0.253 e. The monoisotopic (exact) mass is 431 g/mol. The lowest BCUT2D eigenvalue weighted by molar-refractivity contribution is -0.126. The van der Waals surface area contributed by atoms with Crippen molar-refractivity contribution < 1.29 is 14.4 Å². The number of nitrogens with zero attached hydrogens (tertiary/aromatic N) is 2. The van der Waals surface area contributed by atoms with E-state index in [1.54, 1.807) is 4.90 Å². The molecule has 0 aromatic heterocycles. The van der Waals surface area contributed by atoms with Crippen molar-refractivity contribution in [3.63, 3.8) is 0 Å². The number of likely N-dealkylation sites (tertiary alicyclic amines) is 1. The van der Waals surface area contributed by atoms with E-state index in [1.807, 2.05) is 35.2 Å². The van der Waals surface area contributed by atoms with Gasteiger partial charge in [0, 0.05) is 43.9 Å². The number of aryl methyl sites for hydroxylation is 2. The Hall–Kier alpha value is -3.15. The highest BCUT2D eigenvalue weighted by Gasteiger charge is 2.35. The van der Waals surface area contributed by atoms with Crippen molar-refractivity contribution in [2.75, 3.05) is 24.5 Å². The normalized spacial score (nSPS) is 20.0. The van der Waals surface area contributed by atoms with Crippen LogP contribution in [0.1, 0.15) is 52.7 Å². The fourth-order valence-electron chi connectivity index (χ4n) is 5.11. The molecule has 166 valence electrons. The van der Waals surface area contributed by atoms with Crippen LogP contribution in [0.5, 0.6) is 0 Å². The van der Waals surface area contributed by atoms with Gasteiger partial charge in [0.15, 0.2) is 0 Å². The van der Waals surface area contributed by atoms with Gasteiger partial charge in [-0.3, -0.25) is 14.4 Å². The lowest BCUT2D eigenvalue weighted by atomic mass is 10.1. The molecule has 3 aliphatic rings. The van der Waals surface area contributed by atoms with Crippen molar-refractivity contribution in [1.82, 2.24) is 10.2 Å². The van der Waals surface area contributed by atoms with Crippen LogP contribution in [0.2, 0.25) is 0 Å². The van der Waals surface area contributed by atoms with Gasteiger partial charge >= 0.3 is 0 Å². The van der Waals surface area contributed by atoms with Gasteiger partial charge in [-0.1, -0.05) is 18.2 Å². The average Bonchev–Trinajstić information content (AvgIpc) is 3.57. The molecule has 2 aliphatic heterocycles. The predicted octanol–water partition coefficient (Wildman–Crippen LogP) is 3.08. The van der Waals surface area contributed by atoms with Gasteiger partial charge in [-0.25, -0.2) is 0 Å². The van der Waals surface area contributed by atoms with Gasteiger partial charge in [-0.05, 0) is 73.1 Å². The minimum atomic E-state index is -0.356. The number of benzene rings is 2. The lowest BCUT2D eigenvalue weighted by Crippen LogP contribution is -2.32. The molecule has 32 heavy (non-hydrogen) atoms. The van der Waals surface area contributed by atoms with E-state index in [2.05, 4.69) is 17.4 Å². The summed E-state index contributed by atoms with van der Waals surface area (Å²) in [4.78, 5) is 41.7. The van der Waals surface area contributed by atoms with Crippen LogP contribution in [0.3, 0.4) is 0 Å². The van der Waals surface area contributed by atoms with E-state index in [9.17, 15) is 14.4 Å². The van der Waals surface area contributed by atoms with Crippen molar-refractivity contribution >= 4 is 23.4 Å². The maximum absolute atomic E-state index is 12.8. The number of nitrogens with one attached hydrogen (secondary N) is 1. The highest BCUT2D eigenvalue weighted by molar-refractivity contribution is 6.00. The van der Waals surface area contributed by atoms with Gasteiger partial charge in [0.2, 0.25) is 11.8 Å². The molecule has 1 aliphatic carbocycles. The fraction of sp³-hybridized carbons (Fsp3) is 0.423. The van der Waals surface area contributed by atoms with Crippen LogP contribution in [0.4, 0.5) is 5.69 Å². The zero-order valence-corrected chi connectivity index (χ0v) is 18.3. The number of rotatable bonds is 5. The van der Waals surface area contributed by atoms with Gasteiger partial charge < -0.3 is 15.1 Å². The highest BCUT2D eigenvalue weighted by atomic mass is 16.2. The highest BCUT2D eigenvalue weighted by Crippen LogP contribution is 2.30. The summed E-state index contributed by atoms with van der Waals surface area (Å²) >= 11 is 0. The molecule has 0 radical (unpaired) electrons. The first kappa shape index (κ1) is 20.7. The number of anilines is 1. The summed E-state index contributed by atoms with van der Waals surface area (Å²) in [6, 6.07) is 13.7. The standard InChI is InChI=1S/C26H29N3O3/c30-24-15-22(17-29(24)23-10-9-19-6-4-7-20(19)14-23)25(31)27-16-18-5-3-8-21(13-18)26(32)28-11-1-2-12-28/h3,5,8-10,13-14,22H,1-2,4,6-7,11-12,15-17H2,(H,27,31). The predicted molar refractivity (Wildman–Crippen MR) is 122 cm³/mol. The Morgan fingerprint density at radius 2 is 1.78 bits per heavy atom. The molecule has 6 nitrogen and oxygen atoms in total. The summed E-state index contributed by atoms with van der Waals surface area (Å²) < 4.78 is 0. The van der Waals surface area contributed by atoms with Crippen molar-refractivity contribution in [2.24, 2.45) is 5.92 Å². The van der Waals surface area contributed by atoms with Crippen LogP contribution < -0.4 is 10.2 Å². The smallest absolute Gasteiger partial charge is 0.253 e. The molecule has 3 amide bonds. The molecule has 1 N–H and O–H groups in total. The molecule has 1 atom stereocenters. The van der Waals surface area contributed by atoms with Crippen molar-refractivity contribution in [3.8, 4) is 0 Å². The quantitative estimate of drug-likeness (QED) is 0.791. The number of carbonyl (C=O) groups is 3. The zero-order valence-electron chi connectivity index (χ0n) is 18.3. The first-order valence-corrected chi connectivity index (χ1v) is 11.7. The second-order valence-electron chi connectivity index (χ2n) is 9.13. The van der Waals surface area contributed by atoms with E-state index in [1.165, 1.54) is 17.5 Å². The van der Waals surface area contributed by atoms with E-state index in [0.29, 0.717) is 18.7 Å². The minimum Gasteiger partial charge on any atom is -0.352 e. The molecule has 2 fully saturated rings. The summed E-state index contributed by atoms with van der Waals surface area (Å²) in [5.74, 6) is -0.410. The topological polar surface area (TPSA) is 69.7 Å². The molecule has 0 bridgehead atoms. The van der Waals surface area contributed by atoms with Crippen LogP contribution in [0, 0.1) is 5.92 Å². The number of fused-ring (bicyclic) bond motifs is 1. The van der Waals surface area contributed by atoms with Crippen LogP contribution in [0.15, 0.2) is 42.5 Å². The van der Waals surface area contributed by atoms with E-state index >= 15 is 0 Å². The molecule has 2 aromatic carbocycles.